The number of hydrogen-bond acceptors (Lipinski definition) is 2. The third-order valence-corrected chi connectivity index (χ3v) is 4.49. The molecule has 0 saturated heterocycles. The fourth-order valence-corrected chi connectivity index (χ4v) is 3.31. The lowest BCUT2D eigenvalue weighted by Crippen LogP contribution is -2.32. The van der Waals surface area contributed by atoms with Crippen LogP contribution in [0.15, 0.2) is 66.7 Å². The first kappa shape index (κ1) is 13.7. The summed E-state index contributed by atoms with van der Waals surface area (Å²) in [7, 11) is 0. The average Bonchev–Trinajstić information content (AvgIpc) is 2.85. The van der Waals surface area contributed by atoms with Crippen molar-refractivity contribution in [3.8, 4) is 0 Å². The quantitative estimate of drug-likeness (QED) is 0.665. The molecule has 0 spiro atoms. The van der Waals surface area contributed by atoms with Crippen molar-refractivity contribution in [2.45, 2.75) is 13.0 Å². The van der Waals surface area contributed by atoms with Crippen LogP contribution in [0, 0.1) is 0 Å². The van der Waals surface area contributed by atoms with Crippen LogP contribution in [0.4, 0.5) is 0 Å². The molecule has 0 radical (unpaired) electrons. The highest BCUT2D eigenvalue weighted by atomic mass is 16.2. The van der Waals surface area contributed by atoms with Crippen molar-refractivity contribution in [3.63, 3.8) is 0 Å². The average molecular weight is 301 g/mol. The van der Waals surface area contributed by atoms with E-state index >= 15 is 0 Å². The molecule has 3 heteroatoms. The Bertz CT molecular complexity index is 905. The fraction of sp³-hybridized carbons (Fsp3) is 0.100. The normalized spacial score (nSPS) is 15.1. The summed E-state index contributed by atoms with van der Waals surface area (Å²) in [6.07, 6.45) is 0. The molecule has 0 bridgehead atoms. The van der Waals surface area contributed by atoms with Gasteiger partial charge in [-0.3, -0.25) is 14.5 Å². The van der Waals surface area contributed by atoms with Gasteiger partial charge in [0.2, 0.25) is 0 Å². The number of rotatable bonds is 2. The van der Waals surface area contributed by atoms with Crippen LogP contribution in [0.1, 0.15) is 39.2 Å². The van der Waals surface area contributed by atoms with Gasteiger partial charge in [-0.1, -0.05) is 54.6 Å². The second-order valence-corrected chi connectivity index (χ2v) is 5.77. The largest absolute Gasteiger partial charge is 0.269 e. The summed E-state index contributed by atoms with van der Waals surface area (Å²) in [4.78, 5) is 26.7. The molecule has 0 unspecified atom stereocenters. The summed E-state index contributed by atoms with van der Waals surface area (Å²) in [5, 5.41) is 2.17. The van der Waals surface area contributed by atoms with E-state index in [0.717, 1.165) is 16.3 Å². The van der Waals surface area contributed by atoms with Gasteiger partial charge >= 0.3 is 0 Å². The third-order valence-electron chi connectivity index (χ3n) is 4.49. The number of hydrogen-bond donors (Lipinski definition) is 0. The van der Waals surface area contributed by atoms with E-state index in [-0.39, 0.29) is 17.9 Å². The van der Waals surface area contributed by atoms with Gasteiger partial charge in [0.15, 0.2) is 0 Å². The maximum absolute atomic E-state index is 12.7. The minimum atomic E-state index is -0.312. The molecule has 0 aromatic heterocycles. The van der Waals surface area contributed by atoms with E-state index < -0.39 is 0 Å². The summed E-state index contributed by atoms with van der Waals surface area (Å²) in [5.74, 6) is -0.433. The van der Waals surface area contributed by atoms with Crippen molar-refractivity contribution in [2.75, 3.05) is 0 Å². The fourth-order valence-electron chi connectivity index (χ4n) is 3.31. The first-order chi connectivity index (χ1) is 11.2. The summed E-state index contributed by atoms with van der Waals surface area (Å²) in [6.45, 7) is 1.91. The Kier molecular flexibility index (Phi) is 3.01. The Hall–Kier alpha value is -2.94. The van der Waals surface area contributed by atoms with Gasteiger partial charge in [-0.15, -0.1) is 0 Å². The van der Waals surface area contributed by atoms with Crippen LogP contribution in [-0.4, -0.2) is 16.7 Å². The molecule has 3 aromatic rings. The second-order valence-electron chi connectivity index (χ2n) is 5.77. The highest BCUT2D eigenvalue weighted by Crippen LogP contribution is 2.34. The van der Waals surface area contributed by atoms with Crippen molar-refractivity contribution >= 4 is 22.6 Å². The molecule has 1 heterocycles. The summed E-state index contributed by atoms with van der Waals surface area (Å²) >= 11 is 0. The lowest BCUT2D eigenvalue weighted by Gasteiger charge is -2.24. The monoisotopic (exact) mass is 301 g/mol. The van der Waals surface area contributed by atoms with E-state index in [4.69, 9.17) is 0 Å². The number of amides is 2. The van der Waals surface area contributed by atoms with Crippen molar-refractivity contribution in [3.05, 3.63) is 83.4 Å². The van der Waals surface area contributed by atoms with E-state index in [2.05, 4.69) is 0 Å². The predicted octanol–water partition coefficient (Wildman–Crippen LogP) is 4.20. The van der Waals surface area contributed by atoms with Crippen LogP contribution >= 0.6 is 0 Å². The van der Waals surface area contributed by atoms with E-state index in [1.807, 2.05) is 49.4 Å². The van der Waals surface area contributed by atoms with Crippen LogP contribution < -0.4 is 0 Å². The summed E-state index contributed by atoms with van der Waals surface area (Å²) in [5.41, 5.74) is 1.96. The smallest absolute Gasteiger partial charge is 0.262 e. The second kappa shape index (κ2) is 5.06. The van der Waals surface area contributed by atoms with E-state index in [1.165, 1.54) is 4.90 Å². The maximum atomic E-state index is 12.7. The van der Waals surface area contributed by atoms with Crippen LogP contribution in [0.3, 0.4) is 0 Å². The highest BCUT2D eigenvalue weighted by molar-refractivity contribution is 6.21. The number of carbonyl (C=O) groups is 2. The Morgan fingerprint density at radius 1 is 0.739 bits per heavy atom. The summed E-state index contributed by atoms with van der Waals surface area (Å²) < 4.78 is 0. The predicted molar refractivity (Wildman–Crippen MR) is 89.3 cm³/mol. The standard InChI is InChI=1S/C20H15NO2/c1-13(15-12-6-8-14-7-2-3-9-16(14)15)21-19(22)17-10-4-5-11-18(17)20(21)23/h2-13H,1H3/t13-/m1/s1. The lowest BCUT2D eigenvalue weighted by atomic mass is 9.99. The minimum Gasteiger partial charge on any atom is -0.269 e. The topological polar surface area (TPSA) is 37.4 Å². The Balaban J connectivity index is 1.82. The van der Waals surface area contributed by atoms with E-state index in [1.54, 1.807) is 24.3 Å². The molecule has 3 aromatic carbocycles. The van der Waals surface area contributed by atoms with Crippen LogP contribution in [-0.2, 0) is 0 Å². The van der Waals surface area contributed by atoms with Crippen molar-refractivity contribution < 1.29 is 9.59 Å². The molecule has 0 saturated carbocycles. The molecule has 3 nitrogen and oxygen atoms in total. The van der Waals surface area contributed by atoms with E-state index in [0.29, 0.717) is 11.1 Å². The molecular formula is C20H15NO2. The summed E-state index contributed by atoms with van der Waals surface area (Å²) in [6, 6.07) is 20.7. The number of nitrogens with zero attached hydrogens (tertiary/aromatic N) is 1. The van der Waals surface area contributed by atoms with Gasteiger partial charge in [-0.25, -0.2) is 0 Å². The lowest BCUT2D eigenvalue weighted by molar-refractivity contribution is 0.0596. The van der Waals surface area contributed by atoms with Gasteiger partial charge in [0.25, 0.3) is 11.8 Å². The Labute approximate surface area is 134 Å². The first-order valence-corrected chi connectivity index (χ1v) is 7.63. The van der Waals surface area contributed by atoms with Gasteiger partial charge in [0.05, 0.1) is 17.2 Å². The van der Waals surface area contributed by atoms with E-state index in [9.17, 15) is 9.59 Å². The van der Waals surface area contributed by atoms with Crippen molar-refractivity contribution in [1.82, 2.24) is 4.90 Å². The Morgan fingerprint density at radius 2 is 1.30 bits per heavy atom. The minimum absolute atomic E-state index is 0.217. The molecule has 0 aliphatic carbocycles. The maximum Gasteiger partial charge on any atom is 0.262 e. The van der Waals surface area contributed by atoms with Crippen LogP contribution in [0.5, 0.6) is 0 Å². The highest BCUT2D eigenvalue weighted by Gasteiger charge is 2.38. The Morgan fingerprint density at radius 3 is 2.00 bits per heavy atom. The number of fused-ring (bicyclic) bond motifs is 2. The third kappa shape index (κ3) is 1.97. The molecule has 23 heavy (non-hydrogen) atoms. The van der Waals surface area contributed by atoms with Gasteiger partial charge in [0.1, 0.15) is 0 Å². The molecular weight excluding hydrogens is 286 g/mol. The molecule has 112 valence electrons. The first-order valence-electron chi connectivity index (χ1n) is 7.63. The van der Waals surface area contributed by atoms with Gasteiger partial charge in [-0.05, 0) is 35.4 Å². The molecule has 1 aliphatic rings. The molecule has 0 fully saturated rings. The van der Waals surface area contributed by atoms with Gasteiger partial charge in [0, 0.05) is 0 Å². The van der Waals surface area contributed by atoms with Crippen LogP contribution in [0.25, 0.3) is 10.8 Å². The zero-order chi connectivity index (χ0) is 16.0. The number of benzene rings is 3. The van der Waals surface area contributed by atoms with Crippen molar-refractivity contribution in [1.29, 1.82) is 0 Å². The molecule has 4 rings (SSSR count). The zero-order valence-electron chi connectivity index (χ0n) is 12.7. The molecule has 0 N–H and O–H groups in total. The van der Waals surface area contributed by atoms with Crippen LogP contribution in [0.2, 0.25) is 0 Å². The molecule has 1 atom stereocenters. The van der Waals surface area contributed by atoms with Gasteiger partial charge < -0.3 is 0 Å². The van der Waals surface area contributed by atoms with Gasteiger partial charge in [-0.2, -0.15) is 0 Å². The molecule has 1 aliphatic heterocycles. The van der Waals surface area contributed by atoms with Crippen molar-refractivity contribution in [2.24, 2.45) is 0 Å². The number of imide groups is 1. The SMILES string of the molecule is C[C@H](c1cccc2ccccc12)N1C(=O)c2ccccc2C1=O. The molecule has 2 amide bonds. The zero-order valence-corrected chi connectivity index (χ0v) is 12.7. The number of carbonyl (C=O) groups excluding carboxylic acids is 2.